The van der Waals surface area contributed by atoms with E-state index in [4.69, 9.17) is 33.7 Å². The molecule has 1 aliphatic heterocycles. The molecule has 6 nitrogen and oxygen atoms in total. The monoisotopic (exact) mass is 407 g/mol. The van der Waals surface area contributed by atoms with Crippen LogP contribution in [0.2, 0.25) is 10.0 Å². The predicted octanol–water partition coefficient (Wildman–Crippen LogP) is 3.06. The molecule has 0 spiro atoms. The van der Waals surface area contributed by atoms with Crippen molar-refractivity contribution in [2.75, 3.05) is 31.5 Å². The van der Waals surface area contributed by atoms with E-state index in [2.05, 4.69) is 17.1 Å². The maximum atomic E-state index is 13.3. The van der Waals surface area contributed by atoms with Gasteiger partial charge in [0.15, 0.2) is 5.82 Å². The lowest BCUT2D eigenvalue weighted by Crippen LogP contribution is -2.37. The number of amides is 1. The van der Waals surface area contributed by atoms with Gasteiger partial charge in [-0.25, -0.2) is 4.39 Å². The molecular weight excluding hydrogens is 384 g/mol. The highest BCUT2D eigenvalue weighted by atomic mass is 35.5. The Morgan fingerprint density at radius 2 is 1.96 bits per heavy atom. The molecule has 0 bridgehead atoms. The molecule has 1 amide bonds. The van der Waals surface area contributed by atoms with Crippen molar-refractivity contribution in [3.63, 3.8) is 0 Å². The van der Waals surface area contributed by atoms with Crippen LogP contribution in [0.25, 0.3) is 0 Å². The molecule has 1 aliphatic rings. The standard InChI is InChI=1S/C9H17NO2.C8H7Cl2FN2O/c1-3-10-6-4-9(5-7-10)12-8(2)11;9-4-1-2-5(8(11)7(4)10)13-6(14)3-12/h9H,3-7H2,1-2H3;1-2H,3,12H2,(H,13,14). The third kappa shape index (κ3) is 7.45. The molecular formula is C17H24Cl2FN3O3. The van der Waals surface area contributed by atoms with Crippen molar-refractivity contribution in [1.82, 2.24) is 4.90 Å². The summed E-state index contributed by atoms with van der Waals surface area (Å²) in [4.78, 5) is 23.9. The van der Waals surface area contributed by atoms with Crippen LogP contribution >= 0.6 is 23.2 Å². The van der Waals surface area contributed by atoms with Gasteiger partial charge in [-0.05, 0) is 31.5 Å². The van der Waals surface area contributed by atoms with Crippen LogP contribution in [0.4, 0.5) is 10.1 Å². The van der Waals surface area contributed by atoms with Crippen LogP contribution in [0.1, 0.15) is 26.7 Å². The second-order valence-corrected chi connectivity index (χ2v) is 6.50. The molecule has 1 aromatic rings. The Balaban J connectivity index is 0.000000263. The van der Waals surface area contributed by atoms with Crippen molar-refractivity contribution in [2.24, 2.45) is 5.73 Å². The molecule has 0 atom stereocenters. The van der Waals surface area contributed by atoms with Crippen molar-refractivity contribution in [3.05, 3.63) is 28.0 Å². The van der Waals surface area contributed by atoms with Gasteiger partial charge in [0.1, 0.15) is 6.10 Å². The number of esters is 1. The highest BCUT2D eigenvalue weighted by molar-refractivity contribution is 6.42. The number of carbonyl (C=O) groups excluding carboxylic acids is 2. The quantitative estimate of drug-likeness (QED) is 0.591. The number of carbonyl (C=O) groups is 2. The minimum Gasteiger partial charge on any atom is -0.462 e. The van der Waals surface area contributed by atoms with Gasteiger partial charge in [0.25, 0.3) is 0 Å². The summed E-state index contributed by atoms with van der Waals surface area (Å²) in [6.07, 6.45) is 2.16. The lowest BCUT2D eigenvalue weighted by molar-refractivity contribution is -0.148. The predicted molar refractivity (Wildman–Crippen MR) is 101 cm³/mol. The van der Waals surface area contributed by atoms with Gasteiger partial charge in [-0.2, -0.15) is 0 Å². The van der Waals surface area contributed by atoms with Gasteiger partial charge in [0.2, 0.25) is 5.91 Å². The zero-order valence-electron chi connectivity index (χ0n) is 14.9. The summed E-state index contributed by atoms with van der Waals surface area (Å²) in [6.45, 7) is 6.65. The summed E-state index contributed by atoms with van der Waals surface area (Å²) in [7, 11) is 0. The lowest BCUT2D eigenvalue weighted by atomic mass is 10.1. The number of benzene rings is 1. The summed E-state index contributed by atoms with van der Waals surface area (Å²) in [6, 6.07) is 2.70. The number of ether oxygens (including phenoxy) is 1. The number of anilines is 1. The molecule has 1 fully saturated rings. The van der Waals surface area contributed by atoms with Gasteiger partial charge in [0.05, 0.1) is 22.3 Å². The number of rotatable bonds is 4. The van der Waals surface area contributed by atoms with Crippen molar-refractivity contribution in [2.45, 2.75) is 32.8 Å². The zero-order chi connectivity index (χ0) is 19.7. The average molecular weight is 408 g/mol. The fraction of sp³-hybridized carbons (Fsp3) is 0.529. The number of nitrogens with one attached hydrogen (secondary N) is 1. The fourth-order valence-corrected chi connectivity index (χ4v) is 2.71. The summed E-state index contributed by atoms with van der Waals surface area (Å²) < 4.78 is 18.4. The Morgan fingerprint density at radius 1 is 1.35 bits per heavy atom. The number of piperidine rings is 1. The van der Waals surface area contributed by atoms with E-state index < -0.39 is 11.7 Å². The SMILES string of the molecule is CCN1CCC(OC(C)=O)CC1.NCC(=O)Nc1ccc(Cl)c(Cl)c1F. The first-order chi connectivity index (χ1) is 12.3. The second-order valence-electron chi connectivity index (χ2n) is 5.72. The Labute approximate surface area is 162 Å². The first kappa shape index (κ1) is 22.6. The second kappa shape index (κ2) is 11.3. The van der Waals surface area contributed by atoms with Crippen molar-refractivity contribution in [1.29, 1.82) is 0 Å². The Bertz CT molecular complexity index is 624. The summed E-state index contributed by atoms with van der Waals surface area (Å²) in [5.41, 5.74) is 5.01. The maximum Gasteiger partial charge on any atom is 0.302 e. The third-order valence-electron chi connectivity index (χ3n) is 3.81. The average Bonchev–Trinajstić information content (AvgIpc) is 2.63. The number of hydrogen-bond donors (Lipinski definition) is 2. The third-order valence-corrected chi connectivity index (χ3v) is 4.59. The fourth-order valence-electron chi connectivity index (χ4n) is 2.40. The zero-order valence-corrected chi connectivity index (χ0v) is 16.4. The van der Waals surface area contributed by atoms with Crippen LogP contribution in [-0.2, 0) is 14.3 Å². The molecule has 2 rings (SSSR count). The summed E-state index contributed by atoms with van der Waals surface area (Å²) in [5, 5.41) is 2.12. The van der Waals surface area contributed by atoms with E-state index in [0.29, 0.717) is 0 Å². The molecule has 3 N–H and O–H groups in total. The highest BCUT2D eigenvalue weighted by Crippen LogP contribution is 2.29. The van der Waals surface area contributed by atoms with Crippen LogP contribution in [0.15, 0.2) is 12.1 Å². The van der Waals surface area contributed by atoms with Gasteiger partial charge in [-0.1, -0.05) is 30.1 Å². The highest BCUT2D eigenvalue weighted by Gasteiger charge is 2.19. The minimum absolute atomic E-state index is 0.0325. The summed E-state index contributed by atoms with van der Waals surface area (Å²) in [5.74, 6) is -1.41. The maximum absolute atomic E-state index is 13.3. The smallest absolute Gasteiger partial charge is 0.302 e. The number of hydrogen-bond acceptors (Lipinski definition) is 5. The molecule has 1 aromatic carbocycles. The van der Waals surface area contributed by atoms with Gasteiger partial charge in [0, 0.05) is 20.0 Å². The van der Waals surface area contributed by atoms with Crippen LogP contribution in [-0.4, -0.2) is 49.1 Å². The lowest BCUT2D eigenvalue weighted by Gasteiger charge is -2.30. The molecule has 26 heavy (non-hydrogen) atoms. The first-order valence-corrected chi connectivity index (χ1v) is 9.07. The molecule has 0 aliphatic carbocycles. The first-order valence-electron chi connectivity index (χ1n) is 8.31. The van der Waals surface area contributed by atoms with Gasteiger partial charge in [-0.15, -0.1) is 0 Å². The summed E-state index contributed by atoms with van der Waals surface area (Å²) >= 11 is 11.1. The van der Waals surface area contributed by atoms with E-state index in [-0.39, 0.29) is 34.4 Å². The Kier molecular flexibility index (Phi) is 9.87. The van der Waals surface area contributed by atoms with Gasteiger partial charge >= 0.3 is 5.97 Å². The van der Waals surface area contributed by atoms with Gasteiger partial charge in [-0.3, -0.25) is 9.59 Å². The van der Waals surface area contributed by atoms with E-state index in [9.17, 15) is 14.0 Å². The van der Waals surface area contributed by atoms with Crippen molar-refractivity contribution >= 4 is 40.8 Å². The molecule has 0 aromatic heterocycles. The van der Waals surface area contributed by atoms with E-state index in [1.807, 2.05) is 0 Å². The largest absolute Gasteiger partial charge is 0.462 e. The number of nitrogens with two attached hydrogens (primary N) is 1. The van der Waals surface area contributed by atoms with E-state index in [1.165, 1.54) is 19.1 Å². The minimum atomic E-state index is -0.763. The van der Waals surface area contributed by atoms with Crippen LogP contribution in [0.5, 0.6) is 0 Å². The van der Waals surface area contributed by atoms with Crippen LogP contribution in [0.3, 0.4) is 0 Å². The van der Waals surface area contributed by atoms with Crippen LogP contribution in [0, 0.1) is 5.82 Å². The molecule has 9 heteroatoms. The Morgan fingerprint density at radius 3 is 2.46 bits per heavy atom. The van der Waals surface area contributed by atoms with Gasteiger partial charge < -0.3 is 20.7 Å². The topological polar surface area (TPSA) is 84.7 Å². The molecule has 0 saturated carbocycles. The molecule has 0 unspecified atom stereocenters. The number of nitrogens with zero attached hydrogens (tertiary/aromatic N) is 1. The number of likely N-dealkylation sites (tertiary alicyclic amines) is 1. The van der Waals surface area contributed by atoms with Crippen molar-refractivity contribution in [3.8, 4) is 0 Å². The van der Waals surface area contributed by atoms with Crippen molar-refractivity contribution < 1.29 is 18.7 Å². The van der Waals surface area contributed by atoms with Crippen LogP contribution < -0.4 is 11.1 Å². The number of halogens is 3. The molecule has 146 valence electrons. The van der Waals surface area contributed by atoms with E-state index in [1.54, 1.807) is 0 Å². The molecule has 1 heterocycles. The van der Waals surface area contributed by atoms with E-state index in [0.717, 1.165) is 32.5 Å². The normalized spacial score (nSPS) is 15.0. The van der Waals surface area contributed by atoms with E-state index >= 15 is 0 Å². The Hall–Kier alpha value is -1.41. The molecule has 1 saturated heterocycles. The molecule has 0 radical (unpaired) electrons.